The maximum Gasteiger partial charge on any atom is 0.151 e. The highest BCUT2D eigenvalue weighted by atomic mass is 35.5. The highest BCUT2D eigenvalue weighted by Crippen LogP contribution is 2.33. The maximum atomic E-state index is 11.9. The van der Waals surface area contributed by atoms with E-state index >= 15 is 0 Å². The molecule has 104 valence electrons. The molecule has 0 saturated heterocycles. The summed E-state index contributed by atoms with van der Waals surface area (Å²) in [7, 11) is 1.64. The van der Waals surface area contributed by atoms with Gasteiger partial charge in [-0.25, -0.2) is 0 Å². The van der Waals surface area contributed by atoms with Crippen molar-refractivity contribution in [3.05, 3.63) is 28.3 Å². The lowest BCUT2D eigenvalue weighted by atomic mass is 10.0. The van der Waals surface area contributed by atoms with Crippen molar-refractivity contribution in [2.75, 3.05) is 33.4 Å². The van der Waals surface area contributed by atoms with E-state index in [-0.39, 0.29) is 5.78 Å². The summed E-state index contributed by atoms with van der Waals surface area (Å²) in [5, 5.41) is 3.71. The van der Waals surface area contributed by atoms with Crippen LogP contribution in [0, 0.1) is 0 Å². The third-order valence-corrected chi connectivity index (χ3v) is 3.24. The second-order valence-electron chi connectivity index (χ2n) is 4.54. The Balaban J connectivity index is 1.94. The fourth-order valence-corrected chi connectivity index (χ4v) is 2.42. The van der Waals surface area contributed by atoms with Crippen LogP contribution in [0.25, 0.3) is 0 Å². The van der Waals surface area contributed by atoms with Crippen LogP contribution in [0.1, 0.15) is 11.1 Å². The number of halogens is 1. The fraction of sp³-hybridized carbons (Fsp3) is 0.500. The van der Waals surface area contributed by atoms with Gasteiger partial charge in [-0.2, -0.15) is 0 Å². The molecule has 19 heavy (non-hydrogen) atoms. The highest BCUT2D eigenvalue weighted by Gasteiger charge is 2.19. The molecule has 5 heteroatoms. The number of hydrogen-bond donors (Lipinski definition) is 1. The molecule has 0 atom stereocenters. The first-order valence-electron chi connectivity index (χ1n) is 6.36. The summed E-state index contributed by atoms with van der Waals surface area (Å²) in [6, 6.07) is 3.73. The zero-order chi connectivity index (χ0) is 13.7. The van der Waals surface area contributed by atoms with Gasteiger partial charge < -0.3 is 14.8 Å². The van der Waals surface area contributed by atoms with Crippen LogP contribution in [-0.2, 0) is 22.4 Å². The third-order valence-electron chi connectivity index (χ3n) is 3.02. The van der Waals surface area contributed by atoms with Crippen molar-refractivity contribution in [1.29, 1.82) is 0 Å². The summed E-state index contributed by atoms with van der Waals surface area (Å²) >= 11 is 6.06. The SMILES string of the molecule is COCCNCC(=O)Cc1cc(Cl)cc2c1OCC2. The molecule has 0 bridgehead atoms. The minimum atomic E-state index is 0.121. The van der Waals surface area contributed by atoms with Crippen LogP contribution in [0.2, 0.25) is 5.02 Å². The summed E-state index contributed by atoms with van der Waals surface area (Å²) in [6.45, 7) is 2.28. The molecule has 1 aromatic rings. The van der Waals surface area contributed by atoms with Gasteiger partial charge in [-0.3, -0.25) is 4.79 Å². The summed E-state index contributed by atoms with van der Waals surface area (Å²) < 4.78 is 10.5. The van der Waals surface area contributed by atoms with E-state index in [9.17, 15) is 4.79 Å². The van der Waals surface area contributed by atoms with E-state index in [1.165, 1.54) is 0 Å². The number of Topliss-reactive ketones (excluding diaryl/α,β-unsaturated/α-hetero) is 1. The minimum Gasteiger partial charge on any atom is -0.493 e. The number of ether oxygens (including phenoxy) is 2. The van der Waals surface area contributed by atoms with E-state index in [0.29, 0.717) is 37.7 Å². The van der Waals surface area contributed by atoms with Gasteiger partial charge in [-0.15, -0.1) is 0 Å². The first kappa shape index (κ1) is 14.3. The lowest BCUT2D eigenvalue weighted by Crippen LogP contribution is -2.27. The molecule has 0 fully saturated rings. The van der Waals surface area contributed by atoms with E-state index < -0.39 is 0 Å². The van der Waals surface area contributed by atoms with Crippen LogP contribution in [0.15, 0.2) is 12.1 Å². The molecule has 1 aromatic carbocycles. The van der Waals surface area contributed by atoms with Gasteiger partial charge in [-0.05, 0) is 17.7 Å². The Morgan fingerprint density at radius 2 is 2.37 bits per heavy atom. The molecule has 1 heterocycles. The smallest absolute Gasteiger partial charge is 0.151 e. The third kappa shape index (κ3) is 3.93. The van der Waals surface area contributed by atoms with Crippen molar-refractivity contribution in [2.45, 2.75) is 12.8 Å². The zero-order valence-corrected chi connectivity index (χ0v) is 11.8. The average Bonchev–Trinajstić information content (AvgIpc) is 2.82. The second-order valence-corrected chi connectivity index (χ2v) is 4.97. The van der Waals surface area contributed by atoms with Crippen molar-refractivity contribution in [1.82, 2.24) is 5.32 Å². The van der Waals surface area contributed by atoms with Crippen molar-refractivity contribution in [3.8, 4) is 5.75 Å². The predicted octanol–water partition coefficient (Wildman–Crippen LogP) is 1.62. The van der Waals surface area contributed by atoms with Gasteiger partial charge in [-0.1, -0.05) is 11.6 Å². The van der Waals surface area contributed by atoms with E-state index in [0.717, 1.165) is 23.3 Å². The van der Waals surface area contributed by atoms with Gasteiger partial charge >= 0.3 is 0 Å². The Morgan fingerprint density at radius 3 is 3.16 bits per heavy atom. The minimum absolute atomic E-state index is 0.121. The van der Waals surface area contributed by atoms with Crippen molar-refractivity contribution in [3.63, 3.8) is 0 Å². The standard InChI is InChI=1S/C14H18ClNO3/c1-18-5-3-16-9-13(17)8-11-7-12(15)6-10-2-4-19-14(10)11/h6-7,16H,2-5,8-9H2,1H3. The van der Waals surface area contributed by atoms with Gasteiger partial charge in [0.15, 0.2) is 5.78 Å². The zero-order valence-electron chi connectivity index (χ0n) is 11.0. The average molecular weight is 284 g/mol. The Bertz CT molecular complexity index is 462. The molecule has 0 saturated carbocycles. The van der Waals surface area contributed by atoms with Crippen molar-refractivity contribution < 1.29 is 14.3 Å². The Morgan fingerprint density at radius 1 is 1.53 bits per heavy atom. The van der Waals surface area contributed by atoms with E-state index in [4.69, 9.17) is 21.1 Å². The number of rotatable bonds is 7. The maximum absolute atomic E-state index is 11.9. The van der Waals surface area contributed by atoms with Crippen molar-refractivity contribution in [2.24, 2.45) is 0 Å². The number of benzene rings is 1. The Labute approximate surface area is 118 Å². The van der Waals surface area contributed by atoms with Crippen LogP contribution in [0.3, 0.4) is 0 Å². The van der Waals surface area contributed by atoms with E-state index in [1.54, 1.807) is 7.11 Å². The number of methoxy groups -OCH3 is 1. The predicted molar refractivity (Wildman–Crippen MR) is 74.1 cm³/mol. The van der Waals surface area contributed by atoms with Crippen LogP contribution >= 0.6 is 11.6 Å². The molecule has 0 radical (unpaired) electrons. The van der Waals surface area contributed by atoms with Gasteiger partial charge in [0.05, 0.1) is 19.8 Å². The molecule has 4 nitrogen and oxygen atoms in total. The van der Waals surface area contributed by atoms with Crippen molar-refractivity contribution >= 4 is 17.4 Å². The number of nitrogens with one attached hydrogen (secondary N) is 1. The fourth-order valence-electron chi connectivity index (χ4n) is 2.15. The van der Waals surface area contributed by atoms with Gasteiger partial charge in [0, 0.05) is 37.1 Å². The summed E-state index contributed by atoms with van der Waals surface area (Å²) in [5.41, 5.74) is 1.99. The topological polar surface area (TPSA) is 47.6 Å². The Kier molecular flexibility index (Phi) is 5.19. The lowest BCUT2D eigenvalue weighted by molar-refractivity contribution is -0.117. The molecule has 0 unspecified atom stereocenters. The molecular weight excluding hydrogens is 266 g/mol. The molecule has 1 aliphatic heterocycles. The first-order valence-corrected chi connectivity index (χ1v) is 6.74. The van der Waals surface area contributed by atoms with Crippen LogP contribution in [-0.4, -0.2) is 39.2 Å². The summed E-state index contributed by atoms with van der Waals surface area (Å²) in [6.07, 6.45) is 1.21. The van der Waals surface area contributed by atoms with E-state index in [2.05, 4.69) is 5.32 Å². The number of fused-ring (bicyclic) bond motifs is 1. The molecule has 1 aliphatic rings. The molecule has 0 amide bonds. The Hall–Kier alpha value is -1.10. The molecular formula is C14H18ClNO3. The summed E-state index contributed by atoms with van der Waals surface area (Å²) in [5.74, 6) is 0.964. The van der Waals surface area contributed by atoms with Crippen LogP contribution in [0.4, 0.5) is 0 Å². The quantitative estimate of drug-likeness (QED) is 0.773. The largest absolute Gasteiger partial charge is 0.493 e. The molecule has 2 rings (SSSR count). The number of hydrogen-bond acceptors (Lipinski definition) is 4. The van der Waals surface area contributed by atoms with E-state index in [1.807, 2.05) is 12.1 Å². The highest BCUT2D eigenvalue weighted by molar-refractivity contribution is 6.30. The van der Waals surface area contributed by atoms with Gasteiger partial charge in [0.1, 0.15) is 5.75 Å². The van der Waals surface area contributed by atoms with Gasteiger partial charge in [0.25, 0.3) is 0 Å². The number of carbonyl (C=O) groups is 1. The molecule has 1 N–H and O–H groups in total. The summed E-state index contributed by atoms with van der Waals surface area (Å²) in [4.78, 5) is 11.9. The lowest BCUT2D eigenvalue weighted by Gasteiger charge is -2.09. The van der Waals surface area contributed by atoms with Gasteiger partial charge in [0.2, 0.25) is 0 Å². The molecule has 0 aromatic heterocycles. The number of carbonyl (C=O) groups excluding carboxylic acids is 1. The first-order chi connectivity index (χ1) is 9.20. The van der Waals surface area contributed by atoms with Crippen LogP contribution < -0.4 is 10.1 Å². The molecule has 0 spiro atoms. The number of ketones is 1. The van der Waals surface area contributed by atoms with Crippen LogP contribution in [0.5, 0.6) is 5.75 Å². The monoisotopic (exact) mass is 283 g/mol. The second kappa shape index (κ2) is 6.89. The molecule has 0 aliphatic carbocycles. The normalized spacial score (nSPS) is 13.2.